The average Bonchev–Trinajstić information content (AvgIpc) is 2.94. The molecule has 0 aliphatic heterocycles. The predicted molar refractivity (Wildman–Crippen MR) is 166 cm³/mol. The molecule has 3 rings (SSSR count). The summed E-state index contributed by atoms with van der Waals surface area (Å²) < 4.78 is 29.0. The lowest BCUT2D eigenvalue weighted by Crippen LogP contribution is -2.52. The van der Waals surface area contributed by atoms with Crippen LogP contribution in [0.15, 0.2) is 71.6 Å². The van der Waals surface area contributed by atoms with Gasteiger partial charge in [0, 0.05) is 13.1 Å². The van der Waals surface area contributed by atoms with E-state index in [2.05, 4.69) is 5.32 Å². The number of rotatable bonds is 13. The van der Waals surface area contributed by atoms with E-state index in [0.717, 1.165) is 22.7 Å². The second kappa shape index (κ2) is 14.7. The number of anilines is 1. The van der Waals surface area contributed by atoms with E-state index in [4.69, 9.17) is 23.2 Å². The molecule has 0 unspecified atom stereocenters. The van der Waals surface area contributed by atoms with Crippen LogP contribution in [0, 0.1) is 13.8 Å². The van der Waals surface area contributed by atoms with Gasteiger partial charge in [-0.2, -0.15) is 0 Å². The molecule has 1 atom stereocenters. The monoisotopic (exact) mass is 617 g/mol. The van der Waals surface area contributed by atoms with Crippen molar-refractivity contribution in [1.82, 2.24) is 10.2 Å². The Morgan fingerprint density at radius 1 is 0.927 bits per heavy atom. The van der Waals surface area contributed by atoms with E-state index in [1.54, 1.807) is 42.5 Å². The molecule has 0 spiro atoms. The molecule has 0 saturated carbocycles. The zero-order chi connectivity index (χ0) is 30.2. The van der Waals surface area contributed by atoms with E-state index in [1.165, 1.54) is 17.0 Å². The molecule has 0 bridgehead atoms. The molecule has 0 aliphatic rings. The van der Waals surface area contributed by atoms with E-state index in [1.807, 2.05) is 39.8 Å². The van der Waals surface area contributed by atoms with Crippen molar-refractivity contribution < 1.29 is 18.0 Å². The Morgan fingerprint density at radius 2 is 1.63 bits per heavy atom. The number of carbonyl (C=O) groups excluding carboxylic acids is 2. The van der Waals surface area contributed by atoms with Crippen molar-refractivity contribution in [3.8, 4) is 0 Å². The number of halogens is 2. The molecule has 3 aromatic carbocycles. The highest BCUT2D eigenvalue weighted by Crippen LogP contribution is 2.29. The highest BCUT2D eigenvalue weighted by molar-refractivity contribution is 7.92. The molecule has 0 fully saturated rings. The molecule has 2 amide bonds. The lowest BCUT2D eigenvalue weighted by molar-refractivity contribution is -0.140. The molecule has 7 nitrogen and oxygen atoms in total. The Hall–Kier alpha value is -3.07. The maximum absolute atomic E-state index is 14.2. The minimum Gasteiger partial charge on any atom is -0.354 e. The van der Waals surface area contributed by atoms with Crippen LogP contribution in [-0.2, 0) is 26.2 Å². The van der Waals surface area contributed by atoms with Gasteiger partial charge in [0.25, 0.3) is 10.0 Å². The fourth-order valence-electron chi connectivity index (χ4n) is 4.58. The van der Waals surface area contributed by atoms with E-state index < -0.39 is 28.5 Å². The van der Waals surface area contributed by atoms with E-state index in [-0.39, 0.29) is 17.3 Å². The number of aryl methyl sites for hydroxylation is 2. The first kappa shape index (κ1) is 32.4. The van der Waals surface area contributed by atoms with Crippen LogP contribution in [0.5, 0.6) is 0 Å². The average molecular weight is 619 g/mol. The molecule has 0 heterocycles. The standard InChI is InChI=1S/C31H37Cl2N3O4S/c1-5-7-17-34-31(38)28(6-2)35(20-24-14-15-26(32)27(33)19-24)30(37)21-36(29-16-13-22(3)18-23(29)4)41(39,40)25-11-9-8-10-12-25/h8-16,18-19,28H,5-7,17,20-21H2,1-4H3,(H,34,38)/t28-/m1/s1. The van der Waals surface area contributed by atoms with Crippen LogP contribution in [0.4, 0.5) is 5.69 Å². The van der Waals surface area contributed by atoms with Crippen molar-refractivity contribution >= 4 is 50.7 Å². The van der Waals surface area contributed by atoms with Gasteiger partial charge in [-0.15, -0.1) is 0 Å². The Morgan fingerprint density at radius 3 is 2.24 bits per heavy atom. The largest absolute Gasteiger partial charge is 0.354 e. The second-order valence-electron chi connectivity index (χ2n) is 9.95. The van der Waals surface area contributed by atoms with Gasteiger partial charge < -0.3 is 10.2 Å². The number of nitrogens with one attached hydrogen (secondary N) is 1. The van der Waals surface area contributed by atoms with Gasteiger partial charge in [-0.25, -0.2) is 8.42 Å². The summed E-state index contributed by atoms with van der Waals surface area (Å²) in [5.41, 5.74) is 2.72. The number of carbonyl (C=O) groups is 2. The molecule has 220 valence electrons. The predicted octanol–water partition coefficient (Wildman–Crippen LogP) is 6.53. The molecule has 1 N–H and O–H groups in total. The summed E-state index contributed by atoms with van der Waals surface area (Å²) in [4.78, 5) is 28.9. The number of hydrogen-bond acceptors (Lipinski definition) is 4. The summed E-state index contributed by atoms with van der Waals surface area (Å²) in [5, 5.41) is 3.61. The normalized spacial score (nSPS) is 12.0. The van der Waals surface area contributed by atoms with Gasteiger partial charge in [0.2, 0.25) is 11.8 Å². The van der Waals surface area contributed by atoms with Gasteiger partial charge in [0.05, 0.1) is 20.6 Å². The first-order valence-electron chi connectivity index (χ1n) is 13.7. The summed E-state index contributed by atoms with van der Waals surface area (Å²) in [6, 6.07) is 17.6. The first-order chi connectivity index (χ1) is 19.5. The zero-order valence-corrected chi connectivity index (χ0v) is 26.2. The van der Waals surface area contributed by atoms with Crippen LogP contribution in [0.25, 0.3) is 0 Å². The smallest absolute Gasteiger partial charge is 0.264 e. The third-order valence-electron chi connectivity index (χ3n) is 6.78. The van der Waals surface area contributed by atoms with Crippen molar-refractivity contribution in [2.45, 2.75) is 64.4 Å². The van der Waals surface area contributed by atoms with E-state index in [9.17, 15) is 18.0 Å². The minimum atomic E-state index is -4.13. The number of sulfonamides is 1. The molecule has 0 aromatic heterocycles. The van der Waals surface area contributed by atoms with Gasteiger partial charge in [-0.3, -0.25) is 13.9 Å². The molecule has 3 aromatic rings. The summed E-state index contributed by atoms with van der Waals surface area (Å²) in [6.45, 7) is 7.60. The summed E-state index contributed by atoms with van der Waals surface area (Å²) >= 11 is 12.4. The lowest BCUT2D eigenvalue weighted by atomic mass is 10.1. The van der Waals surface area contributed by atoms with Crippen molar-refractivity contribution in [2.24, 2.45) is 0 Å². The van der Waals surface area contributed by atoms with Crippen molar-refractivity contribution in [2.75, 3.05) is 17.4 Å². The maximum atomic E-state index is 14.2. The van der Waals surface area contributed by atoms with Crippen LogP contribution in [0.1, 0.15) is 49.8 Å². The molecular weight excluding hydrogens is 581 g/mol. The van der Waals surface area contributed by atoms with E-state index in [0.29, 0.717) is 39.8 Å². The number of unbranched alkanes of at least 4 members (excludes halogenated alkanes) is 1. The van der Waals surface area contributed by atoms with Crippen molar-refractivity contribution in [3.63, 3.8) is 0 Å². The maximum Gasteiger partial charge on any atom is 0.264 e. The van der Waals surface area contributed by atoms with E-state index >= 15 is 0 Å². The van der Waals surface area contributed by atoms with Crippen LogP contribution >= 0.6 is 23.2 Å². The molecule has 0 aliphatic carbocycles. The Bertz CT molecular complexity index is 1470. The third-order valence-corrected chi connectivity index (χ3v) is 9.30. The fraction of sp³-hybridized carbons (Fsp3) is 0.355. The van der Waals surface area contributed by atoms with Crippen molar-refractivity contribution in [3.05, 3.63) is 93.5 Å². The highest BCUT2D eigenvalue weighted by Gasteiger charge is 2.34. The number of amides is 2. The minimum absolute atomic E-state index is 0.0432. The Labute approximate surface area is 253 Å². The summed E-state index contributed by atoms with van der Waals surface area (Å²) in [5.74, 6) is -0.814. The van der Waals surface area contributed by atoms with Crippen molar-refractivity contribution in [1.29, 1.82) is 0 Å². The van der Waals surface area contributed by atoms with Gasteiger partial charge in [0.15, 0.2) is 0 Å². The Balaban J connectivity index is 2.07. The third kappa shape index (κ3) is 8.24. The molecule has 41 heavy (non-hydrogen) atoms. The topological polar surface area (TPSA) is 86.8 Å². The molecule has 10 heteroatoms. The molecule has 0 saturated heterocycles. The van der Waals surface area contributed by atoms with Crippen LogP contribution in [0.2, 0.25) is 10.0 Å². The van der Waals surface area contributed by atoms with Crippen LogP contribution in [0.3, 0.4) is 0 Å². The second-order valence-corrected chi connectivity index (χ2v) is 12.6. The molecular formula is C31H37Cl2N3O4S. The summed E-state index contributed by atoms with van der Waals surface area (Å²) in [6.07, 6.45) is 2.05. The number of benzene rings is 3. The first-order valence-corrected chi connectivity index (χ1v) is 15.8. The Kier molecular flexibility index (Phi) is 11.6. The van der Waals surface area contributed by atoms with Gasteiger partial charge in [-0.1, -0.05) is 85.4 Å². The SMILES string of the molecule is CCCCNC(=O)[C@@H](CC)N(Cc1ccc(Cl)c(Cl)c1)C(=O)CN(c1ccc(C)cc1C)S(=O)(=O)c1ccccc1. The lowest BCUT2D eigenvalue weighted by Gasteiger charge is -2.33. The zero-order valence-electron chi connectivity index (χ0n) is 23.9. The van der Waals surface area contributed by atoms with Gasteiger partial charge in [0.1, 0.15) is 12.6 Å². The fourth-order valence-corrected chi connectivity index (χ4v) is 6.40. The molecule has 0 radical (unpaired) electrons. The quantitative estimate of drug-likeness (QED) is 0.221. The van der Waals surface area contributed by atoms with Gasteiger partial charge in [-0.05, 0) is 68.1 Å². The number of hydrogen-bond donors (Lipinski definition) is 1. The van der Waals surface area contributed by atoms with Crippen LogP contribution < -0.4 is 9.62 Å². The van der Waals surface area contributed by atoms with Crippen LogP contribution in [-0.4, -0.2) is 44.3 Å². The highest BCUT2D eigenvalue weighted by atomic mass is 35.5. The van der Waals surface area contributed by atoms with Gasteiger partial charge >= 0.3 is 0 Å². The summed E-state index contributed by atoms with van der Waals surface area (Å²) in [7, 11) is -4.13. The number of nitrogens with zero attached hydrogens (tertiary/aromatic N) is 2.